The molecule has 244 valence electrons. The molecule has 0 aromatic heterocycles. The van der Waals surface area contributed by atoms with Crippen LogP contribution in [0.15, 0.2) is 0 Å². The molecule has 42 heavy (non-hydrogen) atoms. The molecule has 0 heterocycles. The Labute approximate surface area is 250 Å². The van der Waals surface area contributed by atoms with Crippen LogP contribution in [0, 0.1) is 64.1 Å². The quantitative estimate of drug-likeness (QED) is 0.202. The molecular weight excluding hydrogens is 587 g/mol. The first kappa shape index (κ1) is 33.2. The van der Waals surface area contributed by atoms with Crippen LogP contribution in [-0.2, 0) is 28.2 Å². The van der Waals surface area contributed by atoms with E-state index in [0.717, 1.165) is 39.2 Å². The molecule has 13 heteroatoms. The highest BCUT2D eigenvalue weighted by Gasteiger charge is 2.71. The van der Waals surface area contributed by atoms with Crippen LogP contribution in [0.25, 0.3) is 0 Å². The number of rotatable bonds is 7. The number of phosphoric acid groups is 1. The summed E-state index contributed by atoms with van der Waals surface area (Å²) in [4.78, 5) is 10.6. The Kier molecular flexibility index (Phi) is 8.93. The maximum absolute atomic E-state index is 13.0. The molecule has 5 aliphatic rings. The standard InChI is InChI=1S/C29H51O11PS/c1-14(2)15(3)16-7-8-18-17(13-16)27(39-41(33,34)38-6)22-21-19(9-11-28(18,22)4)29(5)12-10-20(40-42(35,36)37)24(30)23(29)26(32)25(21)31/h14-27,30-32H,7-13H2,1-6H3,(H,33,34)(H,35,36,37)/t15?,16?,17?,18-,19-,20+,21?,22+,23+,24?,25?,26?,27?,28?,29?/m0/s1. The highest BCUT2D eigenvalue weighted by Crippen LogP contribution is 2.72. The number of aliphatic hydroxyl groups is 3. The summed E-state index contributed by atoms with van der Waals surface area (Å²) in [5.74, 6) is -0.236. The van der Waals surface area contributed by atoms with Crippen molar-refractivity contribution < 1.29 is 51.0 Å². The van der Waals surface area contributed by atoms with E-state index in [1.54, 1.807) is 0 Å². The molecular formula is C29H51O11PS. The minimum absolute atomic E-state index is 0.00585. The molecule has 0 amide bonds. The van der Waals surface area contributed by atoms with Crippen LogP contribution in [0.1, 0.15) is 79.6 Å². The van der Waals surface area contributed by atoms with E-state index in [9.17, 15) is 37.7 Å². The van der Waals surface area contributed by atoms with Gasteiger partial charge < -0.3 is 20.2 Å². The molecule has 5 fully saturated rings. The van der Waals surface area contributed by atoms with Crippen molar-refractivity contribution in [2.45, 2.75) is 110 Å². The number of fused-ring (bicyclic) bond motifs is 7. The van der Waals surface area contributed by atoms with Crippen molar-refractivity contribution in [2.75, 3.05) is 7.11 Å². The summed E-state index contributed by atoms with van der Waals surface area (Å²) in [7, 11) is -8.06. The molecule has 5 N–H and O–H groups in total. The molecule has 16 atom stereocenters. The van der Waals surface area contributed by atoms with Crippen LogP contribution in [0.5, 0.6) is 0 Å². The zero-order chi connectivity index (χ0) is 31.2. The van der Waals surface area contributed by atoms with E-state index in [4.69, 9.17) is 13.2 Å². The second kappa shape index (κ2) is 11.3. The van der Waals surface area contributed by atoms with Gasteiger partial charge in [0, 0.05) is 13.0 Å². The number of hydrogen-bond donors (Lipinski definition) is 5. The Hall–Kier alpha value is -0.140. The minimum atomic E-state index is -4.83. The van der Waals surface area contributed by atoms with Gasteiger partial charge in [-0.3, -0.25) is 13.6 Å². The SMILES string of the molecule is COP(=O)(O)OC1C2CC(C(C)C(C)C)CC[C@@H]2C2(C)CC[C@H]3C(C(O)C(O)[C@H]4C(O)[C@H](OS(=O)(=O)O)CCC43C)[C@H]12. The number of aliphatic hydroxyl groups excluding tert-OH is 3. The Morgan fingerprint density at radius 1 is 0.881 bits per heavy atom. The molecule has 0 aromatic carbocycles. The zero-order valence-corrected chi connectivity index (χ0v) is 27.3. The monoisotopic (exact) mass is 638 g/mol. The third kappa shape index (κ3) is 5.37. The Morgan fingerprint density at radius 2 is 1.50 bits per heavy atom. The minimum Gasteiger partial charge on any atom is -0.390 e. The van der Waals surface area contributed by atoms with E-state index >= 15 is 0 Å². The van der Waals surface area contributed by atoms with E-state index in [-0.39, 0.29) is 35.5 Å². The van der Waals surface area contributed by atoms with Gasteiger partial charge in [0.15, 0.2) is 0 Å². The average Bonchev–Trinajstić information content (AvgIpc) is 3.14. The summed E-state index contributed by atoms with van der Waals surface area (Å²) in [6.07, 6.45) is -1.02. The summed E-state index contributed by atoms with van der Waals surface area (Å²) < 4.78 is 60.9. The molecule has 11 nitrogen and oxygen atoms in total. The van der Waals surface area contributed by atoms with Gasteiger partial charge in [-0.15, -0.1) is 0 Å². The van der Waals surface area contributed by atoms with E-state index in [1.807, 2.05) is 6.92 Å². The van der Waals surface area contributed by atoms with Gasteiger partial charge >= 0.3 is 18.2 Å². The first-order valence-corrected chi connectivity index (χ1v) is 18.5. The lowest BCUT2D eigenvalue weighted by atomic mass is 9.42. The van der Waals surface area contributed by atoms with E-state index in [0.29, 0.717) is 24.2 Å². The smallest absolute Gasteiger partial charge is 0.390 e. The van der Waals surface area contributed by atoms with Crippen molar-refractivity contribution in [3.63, 3.8) is 0 Å². The van der Waals surface area contributed by atoms with E-state index in [1.165, 1.54) is 0 Å². The lowest BCUT2D eigenvalue weighted by Gasteiger charge is -2.64. The normalized spacial score (nSPS) is 51.1. The molecule has 0 bridgehead atoms. The van der Waals surface area contributed by atoms with Crippen molar-refractivity contribution in [3.05, 3.63) is 0 Å². The van der Waals surface area contributed by atoms with Crippen LogP contribution in [-0.4, -0.2) is 70.8 Å². The summed E-state index contributed by atoms with van der Waals surface area (Å²) >= 11 is 0. The molecule has 5 aliphatic carbocycles. The maximum atomic E-state index is 13.0. The van der Waals surface area contributed by atoms with Crippen LogP contribution in [0.2, 0.25) is 0 Å². The summed E-state index contributed by atoms with van der Waals surface area (Å²) in [5.41, 5.74) is -0.982. The van der Waals surface area contributed by atoms with Gasteiger partial charge in [0.2, 0.25) is 0 Å². The van der Waals surface area contributed by atoms with Gasteiger partial charge in [-0.05, 0) is 103 Å². The van der Waals surface area contributed by atoms with Gasteiger partial charge in [0.1, 0.15) is 6.10 Å². The Bertz CT molecular complexity index is 1170. The summed E-state index contributed by atoms with van der Waals surface area (Å²) in [5, 5.41) is 34.7. The van der Waals surface area contributed by atoms with Crippen molar-refractivity contribution in [1.82, 2.24) is 0 Å². The fraction of sp³-hybridized carbons (Fsp3) is 1.00. The molecule has 0 aliphatic heterocycles. The number of hydrogen-bond acceptors (Lipinski definition) is 9. The zero-order valence-electron chi connectivity index (χ0n) is 25.6. The fourth-order valence-electron chi connectivity index (χ4n) is 11.0. The number of phosphoric ester groups is 1. The maximum Gasteiger partial charge on any atom is 0.472 e. The lowest BCUT2D eigenvalue weighted by molar-refractivity contribution is -0.253. The molecule has 5 rings (SSSR count). The molecule has 0 saturated heterocycles. The molecule has 0 radical (unpaired) electrons. The average molecular weight is 639 g/mol. The Balaban J connectivity index is 1.54. The predicted molar refractivity (Wildman–Crippen MR) is 153 cm³/mol. The van der Waals surface area contributed by atoms with Gasteiger partial charge in [0.25, 0.3) is 0 Å². The lowest BCUT2D eigenvalue weighted by Crippen LogP contribution is -2.68. The largest absolute Gasteiger partial charge is 0.472 e. The van der Waals surface area contributed by atoms with Gasteiger partial charge in [-0.2, -0.15) is 8.42 Å². The molecule has 5 saturated carbocycles. The highest BCUT2D eigenvalue weighted by molar-refractivity contribution is 7.80. The molecule has 11 unspecified atom stereocenters. The third-order valence-corrected chi connectivity index (χ3v) is 14.6. The fourth-order valence-corrected chi connectivity index (χ4v) is 12.2. The van der Waals surface area contributed by atoms with Gasteiger partial charge in [0.05, 0.1) is 24.4 Å². The molecule has 0 spiro atoms. The van der Waals surface area contributed by atoms with Crippen LogP contribution >= 0.6 is 7.82 Å². The van der Waals surface area contributed by atoms with Gasteiger partial charge in [-0.1, -0.05) is 34.6 Å². The van der Waals surface area contributed by atoms with Crippen molar-refractivity contribution in [2.24, 2.45) is 64.1 Å². The van der Waals surface area contributed by atoms with Crippen LogP contribution in [0.3, 0.4) is 0 Å². The molecule has 0 aromatic rings. The summed E-state index contributed by atoms with van der Waals surface area (Å²) in [6, 6.07) is 0. The van der Waals surface area contributed by atoms with Crippen molar-refractivity contribution in [3.8, 4) is 0 Å². The topological polar surface area (TPSA) is 180 Å². The highest BCUT2D eigenvalue weighted by atomic mass is 32.3. The first-order valence-electron chi connectivity index (χ1n) is 15.6. The van der Waals surface area contributed by atoms with Gasteiger partial charge in [-0.25, -0.2) is 8.75 Å². The second-order valence-electron chi connectivity index (χ2n) is 15.0. The van der Waals surface area contributed by atoms with Crippen LogP contribution < -0.4 is 0 Å². The first-order chi connectivity index (χ1) is 19.4. The third-order valence-electron chi connectivity index (χ3n) is 13.2. The van der Waals surface area contributed by atoms with Crippen molar-refractivity contribution >= 4 is 18.2 Å². The Morgan fingerprint density at radius 3 is 2.10 bits per heavy atom. The second-order valence-corrected chi connectivity index (χ2v) is 17.6. The van der Waals surface area contributed by atoms with E-state index < -0.39 is 66.0 Å². The van der Waals surface area contributed by atoms with E-state index in [2.05, 4.69) is 27.7 Å². The van der Waals surface area contributed by atoms with Crippen LogP contribution in [0.4, 0.5) is 0 Å². The summed E-state index contributed by atoms with van der Waals surface area (Å²) in [6.45, 7) is 10.9. The predicted octanol–water partition coefficient (Wildman–Crippen LogP) is 3.81. The van der Waals surface area contributed by atoms with Crippen molar-refractivity contribution in [1.29, 1.82) is 0 Å².